The van der Waals surface area contributed by atoms with Gasteiger partial charge >= 0.3 is 6.18 Å². The van der Waals surface area contributed by atoms with Gasteiger partial charge in [-0.2, -0.15) is 13.2 Å². The van der Waals surface area contributed by atoms with Crippen LogP contribution >= 0.6 is 0 Å². The molecule has 0 aliphatic carbocycles. The van der Waals surface area contributed by atoms with Crippen LogP contribution in [-0.2, 0) is 6.18 Å². The molecule has 0 bridgehead atoms. The molecule has 2 atom stereocenters. The summed E-state index contributed by atoms with van der Waals surface area (Å²) in [6, 6.07) is 4.94. The van der Waals surface area contributed by atoms with Crippen molar-refractivity contribution in [2.75, 3.05) is 0 Å². The van der Waals surface area contributed by atoms with Crippen LogP contribution in [0.25, 0.3) is 0 Å². The molecule has 0 saturated heterocycles. The number of hydrogen-bond donors (Lipinski definition) is 1. The number of rotatable bonds is 3. The molecule has 0 saturated carbocycles. The Balaban J connectivity index is 3.14. The fourth-order valence-corrected chi connectivity index (χ4v) is 1.74. The Labute approximate surface area is 99.8 Å². The van der Waals surface area contributed by atoms with E-state index in [1.165, 1.54) is 12.1 Å². The minimum absolute atomic E-state index is 0.00139. The maximum absolute atomic E-state index is 12.8. The van der Waals surface area contributed by atoms with Crippen molar-refractivity contribution < 1.29 is 13.2 Å². The number of benzene rings is 1. The second kappa shape index (κ2) is 5.08. The predicted molar refractivity (Wildman–Crippen MR) is 62.4 cm³/mol. The van der Waals surface area contributed by atoms with Gasteiger partial charge in [-0.3, -0.25) is 0 Å². The van der Waals surface area contributed by atoms with Crippen molar-refractivity contribution in [3.63, 3.8) is 0 Å². The Bertz CT molecular complexity index is 371. The molecular weight excluding hydrogens is 227 g/mol. The Morgan fingerprint density at radius 2 is 1.59 bits per heavy atom. The molecule has 0 amide bonds. The number of halogens is 3. The molecule has 0 aromatic heterocycles. The smallest absolute Gasteiger partial charge is 0.324 e. The maximum atomic E-state index is 12.8. The van der Waals surface area contributed by atoms with Crippen LogP contribution in [0.4, 0.5) is 13.2 Å². The summed E-state index contributed by atoms with van der Waals surface area (Å²) in [5.74, 6) is 0.241. The summed E-state index contributed by atoms with van der Waals surface area (Å²) in [6.07, 6.45) is -4.34. The van der Waals surface area contributed by atoms with E-state index in [9.17, 15) is 13.2 Å². The zero-order chi connectivity index (χ0) is 13.2. The van der Waals surface area contributed by atoms with Crippen molar-refractivity contribution >= 4 is 0 Å². The van der Waals surface area contributed by atoms with E-state index in [1.807, 2.05) is 20.8 Å². The molecule has 0 aliphatic rings. The minimum Gasteiger partial charge on any atom is -0.324 e. The van der Waals surface area contributed by atoms with E-state index in [1.54, 1.807) is 6.07 Å². The number of alkyl halides is 3. The van der Waals surface area contributed by atoms with E-state index in [4.69, 9.17) is 5.73 Å². The fourth-order valence-electron chi connectivity index (χ4n) is 1.74. The van der Waals surface area contributed by atoms with E-state index in [2.05, 4.69) is 0 Å². The van der Waals surface area contributed by atoms with Crippen molar-refractivity contribution in [1.29, 1.82) is 0 Å². The van der Waals surface area contributed by atoms with Crippen molar-refractivity contribution in [2.45, 2.75) is 33.0 Å². The highest BCUT2D eigenvalue weighted by Crippen LogP contribution is 2.36. The van der Waals surface area contributed by atoms with E-state index >= 15 is 0 Å². The fraction of sp³-hybridized carbons (Fsp3) is 0.538. The van der Waals surface area contributed by atoms with Gasteiger partial charge in [-0.25, -0.2) is 0 Å². The molecule has 96 valence electrons. The van der Waals surface area contributed by atoms with Gasteiger partial charge in [-0.05, 0) is 23.5 Å². The van der Waals surface area contributed by atoms with Crippen molar-refractivity contribution in [2.24, 2.45) is 17.6 Å². The molecule has 0 heterocycles. The maximum Gasteiger partial charge on any atom is 0.416 e. The normalized spacial score (nSPS) is 16.0. The van der Waals surface area contributed by atoms with Crippen LogP contribution in [0.3, 0.4) is 0 Å². The van der Waals surface area contributed by atoms with E-state index < -0.39 is 17.8 Å². The third kappa shape index (κ3) is 3.22. The average Bonchev–Trinajstić information content (AvgIpc) is 2.25. The van der Waals surface area contributed by atoms with Gasteiger partial charge in [0.1, 0.15) is 0 Å². The third-order valence-corrected chi connectivity index (χ3v) is 3.24. The average molecular weight is 245 g/mol. The Kier molecular flexibility index (Phi) is 4.20. The topological polar surface area (TPSA) is 26.0 Å². The van der Waals surface area contributed by atoms with Crippen molar-refractivity contribution in [1.82, 2.24) is 0 Å². The molecule has 1 nitrogen and oxygen atoms in total. The van der Waals surface area contributed by atoms with Crippen LogP contribution in [0.1, 0.15) is 37.9 Å². The lowest BCUT2D eigenvalue weighted by molar-refractivity contribution is -0.138. The molecule has 1 aromatic carbocycles. The Hall–Kier alpha value is -1.03. The standard InChI is InChI=1S/C13H18F3N/c1-8(2)9(3)12(17)10-6-4-5-7-11(10)13(14,15)16/h4-9,12H,17H2,1-3H3. The van der Waals surface area contributed by atoms with Gasteiger partial charge in [0.05, 0.1) is 5.56 Å². The van der Waals surface area contributed by atoms with Crippen LogP contribution in [-0.4, -0.2) is 0 Å². The molecule has 0 spiro atoms. The number of hydrogen-bond acceptors (Lipinski definition) is 1. The Morgan fingerprint density at radius 3 is 2.06 bits per heavy atom. The van der Waals surface area contributed by atoms with Gasteiger partial charge < -0.3 is 5.73 Å². The van der Waals surface area contributed by atoms with Crippen LogP contribution in [0.2, 0.25) is 0 Å². The highest BCUT2D eigenvalue weighted by molar-refractivity contribution is 5.32. The summed E-state index contributed by atoms with van der Waals surface area (Å²) in [4.78, 5) is 0. The second-order valence-electron chi connectivity index (χ2n) is 4.71. The minimum atomic E-state index is -4.34. The molecule has 1 aromatic rings. The quantitative estimate of drug-likeness (QED) is 0.855. The molecular formula is C13H18F3N. The first-order valence-corrected chi connectivity index (χ1v) is 5.67. The van der Waals surface area contributed by atoms with Gasteiger partial charge in [-0.1, -0.05) is 39.0 Å². The highest BCUT2D eigenvalue weighted by atomic mass is 19.4. The first kappa shape index (κ1) is 14.0. The lowest BCUT2D eigenvalue weighted by Gasteiger charge is -2.26. The monoisotopic (exact) mass is 245 g/mol. The number of nitrogens with two attached hydrogens (primary N) is 1. The Morgan fingerprint density at radius 1 is 1.06 bits per heavy atom. The third-order valence-electron chi connectivity index (χ3n) is 3.24. The summed E-state index contributed by atoms with van der Waals surface area (Å²) in [5, 5.41) is 0. The largest absolute Gasteiger partial charge is 0.416 e. The van der Waals surface area contributed by atoms with Gasteiger partial charge in [0.15, 0.2) is 0 Å². The molecule has 2 unspecified atom stereocenters. The second-order valence-corrected chi connectivity index (χ2v) is 4.71. The lowest BCUT2D eigenvalue weighted by atomic mass is 9.85. The van der Waals surface area contributed by atoms with Gasteiger partial charge in [0.25, 0.3) is 0 Å². The lowest BCUT2D eigenvalue weighted by Crippen LogP contribution is -2.26. The zero-order valence-corrected chi connectivity index (χ0v) is 10.3. The molecule has 0 fully saturated rings. The molecule has 17 heavy (non-hydrogen) atoms. The van der Waals surface area contributed by atoms with Crippen LogP contribution in [0.15, 0.2) is 24.3 Å². The molecule has 0 aliphatic heterocycles. The van der Waals surface area contributed by atoms with Gasteiger partial charge in [-0.15, -0.1) is 0 Å². The highest BCUT2D eigenvalue weighted by Gasteiger charge is 2.35. The summed E-state index contributed by atoms with van der Waals surface area (Å²) in [7, 11) is 0. The van der Waals surface area contributed by atoms with E-state index in [0.717, 1.165) is 6.07 Å². The van der Waals surface area contributed by atoms with Crippen LogP contribution < -0.4 is 5.73 Å². The van der Waals surface area contributed by atoms with E-state index in [-0.39, 0.29) is 17.4 Å². The van der Waals surface area contributed by atoms with Crippen molar-refractivity contribution in [3.8, 4) is 0 Å². The summed E-state index contributed by atoms with van der Waals surface area (Å²) < 4.78 is 38.5. The van der Waals surface area contributed by atoms with E-state index in [0.29, 0.717) is 0 Å². The molecule has 0 radical (unpaired) electrons. The molecule has 4 heteroatoms. The van der Waals surface area contributed by atoms with Crippen LogP contribution in [0, 0.1) is 11.8 Å². The molecule has 1 rings (SSSR count). The first-order chi connectivity index (χ1) is 7.75. The summed E-state index contributed by atoms with van der Waals surface area (Å²) in [5.41, 5.74) is 5.49. The first-order valence-electron chi connectivity index (χ1n) is 5.67. The molecule has 2 N–H and O–H groups in total. The van der Waals surface area contributed by atoms with Crippen molar-refractivity contribution in [3.05, 3.63) is 35.4 Å². The van der Waals surface area contributed by atoms with Crippen LogP contribution in [0.5, 0.6) is 0 Å². The SMILES string of the molecule is CC(C)C(C)C(N)c1ccccc1C(F)(F)F. The predicted octanol–water partition coefficient (Wildman–Crippen LogP) is 4.00. The summed E-state index contributed by atoms with van der Waals surface area (Å²) in [6.45, 7) is 5.80. The van der Waals surface area contributed by atoms with Gasteiger partial charge in [0, 0.05) is 6.04 Å². The zero-order valence-electron chi connectivity index (χ0n) is 10.3. The summed E-state index contributed by atoms with van der Waals surface area (Å²) >= 11 is 0. The van der Waals surface area contributed by atoms with Gasteiger partial charge in [0.2, 0.25) is 0 Å².